The van der Waals surface area contributed by atoms with Crippen LogP contribution in [0.1, 0.15) is 57.1 Å². The molecular formula is C18H27N3O. The molecule has 22 heavy (non-hydrogen) atoms. The number of carbonyl (C=O) groups excluding carboxylic acids is 1. The molecule has 1 aliphatic heterocycles. The lowest BCUT2D eigenvalue weighted by atomic mass is 9.87. The van der Waals surface area contributed by atoms with Crippen LogP contribution < -0.4 is 10.6 Å². The summed E-state index contributed by atoms with van der Waals surface area (Å²) in [6.07, 6.45) is 9.29. The molecule has 0 aromatic carbocycles. The van der Waals surface area contributed by atoms with E-state index in [-0.39, 0.29) is 11.8 Å². The van der Waals surface area contributed by atoms with Crippen molar-refractivity contribution >= 4 is 11.6 Å². The second-order valence-corrected chi connectivity index (χ2v) is 6.99. The maximum Gasteiger partial charge on any atom is 0.228 e. The molecule has 4 nitrogen and oxygen atoms in total. The molecule has 1 amide bonds. The van der Waals surface area contributed by atoms with Gasteiger partial charge in [0.15, 0.2) is 0 Å². The molecule has 0 radical (unpaired) electrons. The fraction of sp³-hybridized carbons (Fsp3) is 0.667. The average molecular weight is 301 g/mol. The third-order valence-corrected chi connectivity index (χ3v) is 5.02. The third-order valence-electron chi connectivity index (χ3n) is 5.02. The standard InChI is InChI=1S/C18H27N3O/c1-13-9-15(11-19-10-13)18(22)21-16-7-8-17(20-12-16)14-5-3-2-4-6-14/h7-8,12-15,19H,2-6,9-11H2,1H3,(H,21,22). The van der Waals surface area contributed by atoms with Crippen LogP contribution in [0.4, 0.5) is 5.69 Å². The highest BCUT2D eigenvalue weighted by Crippen LogP contribution is 2.31. The minimum Gasteiger partial charge on any atom is -0.324 e. The highest BCUT2D eigenvalue weighted by Gasteiger charge is 2.25. The fourth-order valence-electron chi connectivity index (χ4n) is 3.72. The summed E-state index contributed by atoms with van der Waals surface area (Å²) in [4.78, 5) is 16.9. The van der Waals surface area contributed by atoms with E-state index in [1.54, 1.807) is 0 Å². The lowest BCUT2D eigenvalue weighted by Crippen LogP contribution is -2.40. The number of aromatic nitrogens is 1. The van der Waals surface area contributed by atoms with Gasteiger partial charge in [0.25, 0.3) is 0 Å². The van der Waals surface area contributed by atoms with E-state index in [9.17, 15) is 4.79 Å². The van der Waals surface area contributed by atoms with Gasteiger partial charge in [0.2, 0.25) is 5.91 Å². The minimum absolute atomic E-state index is 0.0711. The predicted octanol–water partition coefficient (Wildman–Crippen LogP) is 3.31. The summed E-state index contributed by atoms with van der Waals surface area (Å²) in [7, 11) is 0. The lowest BCUT2D eigenvalue weighted by molar-refractivity contribution is -0.120. The Balaban J connectivity index is 1.57. The number of pyridine rings is 1. The molecule has 120 valence electrons. The molecule has 4 heteroatoms. The average Bonchev–Trinajstić information content (AvgIpc) is 2.56. The van der Waals surface area contributed by atoms with Gasteiger partial charge in [0, 0.05) is 18.2 Å². The highest BCUT2D eigenvalue weighted by atomic mass is 16.1. The Bertz CT molecular complexity index is 494. The number of nitrogens with one attached hydrogen (secondary N) is 2. The number of anilines is 1. The van der Waals surface area contributed by atoms with Crippen molar-refractivity contribution in [1.82, 2.24) is 10.3 Å². The molecule has 2 aliphatic rings. The number of piperidine rings is 1. The van der Waals surface area contributed by atoms with Crippen LogP contribution in [-0.2, 0) is 4.79 Å². The highest BCUT2D eigenvalue weighted by molar-refractivity contribution is 5.92. The van der Waals surface area contributed by atoms with Gasteiger partial charge in [0.05, 0.1) is 17.8 Å². The maximum absolute atomic E-state index is 12.3. The van der Waals surface area contributed by atoms with E-state index >= 15 is 0 Å². The predicted molar refractivity (Wildman–Crippen MR) is 88.8 cm³/mol. The van der Waals surface area contributed by atoms with Gasteiger partial charge >= 0.3 is 0 Å². The number of rotatable bonds is 3. The van der Waals surface area contributed by atoms with Crippen LogP contribution in [0.5, 0.6) is 0 Å². The van der Waals surface area contributed by atoms with Crippen LogP contribution in [0.2, 0.25) is 0 Å². The Hall–Kier alpha value is -1.42. The van der Waals surface area contributed by atoms with Gasteiger partial charge < -0.3 is 10.6 Å². The summed E-state index contributed by atoms with van der Waals surface area (Å²) < 4.78 is 0. The molecule has 2 N–H and O–H groups in total. The summed E-state index contributed by atoms with van der Waals surface area (Å²) in [6, 6.07) is 4.10. The Kier molecular flexibility index (Phi) is 5.08. The molecule has 1 aromatic heterocycles. The summed E-state index contributed by atoms with van der Waals surface area (Å²) in [5.41, 5.74) is 2.01. The lowest BCUT2D eigenvalue weighted by Gasteiger charge is -2.26. The first kappa shape index (κ1) is 15.5. The number of amides is 1. The molecule has 1 aromatic rings. The van der Waals surface area contributed by atoms with Crippen molar-refractivity contribution in [2.75, 3.05) is 18.4 Å². The molecule has 2 unspecified atom stereocenters. The first-order valence-electron chi connectivity index (χ1n) is 8.70. The smallest absolute Gasteiger partial charge is 0.228 e. The van der Waals surface area contributed by atoms with Crippen LogP contribution in [0.3, 0.4) is 0 Å². The molecular weight excluding hydrogens is 274 g/mol. The van der Waals surface area contributed by atoms with Gasteiger partial charge in [-0.2, -0.15) is 0 Å². The molecule has 2 fully saturated rings. The molecule has 2 heterocycles. The van der Waals surface area contributed by atoms with Crippen LogP contribution >= 0.6 is 0 Å². The van der Waals surface area contributed by atoms with E-state index in [2.05, 4.69) is 28.6 Å². The van der Waals surface area contributed by atoms with Gasteiger partial charge in [-0.15, -0.1) is 0 Å². The molecule has 0 spiro atoms. The number of hydrogen-bond donors (Lipinski definition) is 2. The number of carbonyl (C=O) groups is 1. The number of nitrogens with zero attached hydrogens (tertiary/aromatic N) is 1. The van der Waals surface area contributed by atoms with Crippen molar-refractivity contribution in [2.24, 2.45) is 11.8 Å². The van der Waals surface area contributed by atoms with Crippen LogP contribution in [0.25, 0.3) is 0 Å². The van der Waals surface area contributed by atoms with Gasteiger partial charge in [-0.25, -0.2) is 0 Å². The topological polar surface area (TPSA) is 54.0 Å². The second-order valence-electron chi connectivity index (χ2n) is 6.99. The van der Waals surface area contributed by atoms with Crippen molar-refractivity contribution in [3.8, 4) is 0 Å². The summed E-state index contributed by atoms with van der Waals surface area (Å²) in [5, 5.41) is 6.35. The molecule has 1 saturated carbocycles. The molecule has 1 aliphatic carbocycles. The van der Waals surface area contributed by atoms with Gasteiger partial charge in [-0.05, 0) is 43.9 Å². The zero-order chi connectivity index (χ0) is 15.4. The zero-order valence-corrected chi connectivity index (χ0v) is 13.5. The molecule has 3 rings (SSSR count). The van der Waals surface area contributed by atoms with E-state index in [0.717, 1.165) is 25.2 Å². The monoisotopic (exact) mass is 301 g/mol. The van der Waals surface area contributed by atoms with Crippen molar-refractivity contribution in [2.45, 2.75) is 51.4 Å². The normalized spacial score (nSPS) is 26.6. The van der Waals surface area contributed by atoms with E-state index in [0.29, 0.717) is 11.8 Å². The maximum atomic E-state index is 12.3. The molecule has 0 bridgehead atoms. The van der Waals surface area contributed by atoms with Crippen LogP contribution in [-0.4, -0.2) is 24.0 Å². The fourth-order valence-corrected chi connectivity index (χ4v) is 3.72. The van der Waals surface area contributed by atoms with E-state index < -0.39 is 0 Å². The number of hydrogen-bond acceptors (Lipinski definition) is 3. The Labute approximate surface area is 133 Å². The van der Waals surface area contributed by atoms with Crippen molar-refractivity contribution < 1.29 is 4.79 Å². The van der Waals surface area contributed by atoms with Gasteiger partial charge in [-0.3, -0.25) is 9.78 Å². The third kappa shape index (κ3) is 3.86. The quantitative estimate of drug-likeness (QED) is 0.900. The van der Waals surface area contributed by atoms with Gasteiger partial charge in [-0.1, -0.05) is 26.2 Å². The van der Waals surface area contributed by atoms with E-state index in [4.69, 9.17) is 0 Å². The Morgan fingerprint density at radius 2 is 2.05 bits per heavy atom. The van der Waals surface area contributed by atoms with Crippen molar-refractivity contribution in [1.29, 1.82) is 0 Å². The SMILES string of the molecule is CC1CNCC(C(=O)Nc2ccc(C3CCCCC3)nc2)C1. The largest absolute Gasteiger partial charge is 0.324 e. The zero-order valence-electron chi connectivity index (χ0n) is 13.5. The minimum atomic E-state index is 0.0711. The van der Waals surface area contributed by atoms with Crippen molar-refractivity contribution in [3.05, 3.63) is 24.0 Å². The summed E-state index contributed by atoms with van der Waals surface area (Å²) in [6.45, 7) is 3.98. The Morgan fingerprint density at radius 3 is 2.73 bits per heavy atom. The first-order chi connectivity index (χ1) is 10.7. The first-order valence-corrected chi connectivity index (χ1v) is 8.70. The van der Waals surface area contributed by atoms with Crippen LogP contribution in [0.15, 0.2) is 18.3 Å². The van der Waals surface area contributed by atoms with Gasteiger partial charge in [0.1, 0.15) is 0 Å². The summed E-state index contributed by atoms with van der Waals surface area (Å²) >= 11 is 0. The van der Waals surface area contributed by atoms with E-state index in [1.807, 2.05) is 12.3 Å². The van der Waals surface area contributed by atoms with Crippen LogP contribution in [0, 0.1) is 11.8 Å². The molecule has 1 saturated heterocycles. The second kappa shape index (κ2) is 7.23. The van der Waals surface area contributed by atoms with E-state index in [1.165, 1.54) is 37.8 Å². The Morgan fingerprint density at radius 1 is 1.23 bits per heavy atom. The molecule has 2 atom stereocenters. The summed E-state index contributed by atoms with van der Waals surface area (Å²) in [5.74, 6) is 1.37. The van der Waals surface area contributed by atoms with Crippen molar-refractivity contribution in [3.63, 3.8) is 0 Å².